The molecule has 22 heavy (non-hydrogen) atoms. The molecule has 0 aromatic carbocycles. The highest BCUT2D eigenvalue weighted by molar-refractivity contribution is 6.04. The zero-order valence-corrected chi connectivity index (χ0v) is 13.6. The van der Waals surface area contributed by atoms with Gasteiger partial charge in [-0.25, -0.2) is 0 Å². The quantitative estimate of drug-likeness (QED) is 0.917. The lowest BCUT2D eigenvalue weighted by molar-refractivity contribution is 0.102. The average Bonchev–Trinajstić information content (AvgIpc) is 2.55. The zero-order chi connectivity index (χ0) is 16.1. The Kier molecular flexibility index (Phi) is 5.20. The summed E-state index contributed by atoms with van der Waals surface area (Å²) in [5.74, 6) is 0.0974. The molecule has 0 aliphatic heterocycles. The fourth-order valence-electron chi connectivity index (χ4n) is 2.17. The van der Waals surface area contributed by atoms with E-state index in [4.69, 9.17) is 0 Å². The van der Waals surface area contributed by atoms with Crippen LogP contribution < -0.4 is 5.32 Å². The molecular formula is C17H22N4O. The van der Waals surface area contributed by atoms with E-state index < -0.39 is 0 Å². The molecule has 0 aliphatic rings. The molecule has 5 nitrogen and oxygen atoms in total. The van der Waals surface area contributed by atoms with Crippen LogP contribution in [0.4, 0.5) is 5.69 Å². The van der Waals surface area contributed by atoms with E-state index in [2.05, 4.69) is 41.3 Å². The van der Waals surface area contributed by atoms with Crippen molar-refractivity contribution in [2.75, 3.05) is 5.32 Å². The molecule has 116 valence electrons. The Balaban J connectivity index is 2.19. The Morgan fingerprint density at radius 1 is 1.27 bits per heavy atom. The number of carbonyl (C=O) groups is 1. The lowest BCUT2D eigenvalue weighted by atomic mass is 10.0. The number of anilines is 1. The topological polar surface area (TPSA) is 67.8 Å². The summed E-state index contributed by atoms with van der Waals surface area (Å²) in [7, 11) is 0. The maximum atomic E-state index is 12.4. The van der Waals surface area contributed by atoms with Crippen LogP contribution >= 0.6 is 0 Å². The van der Waals surface area contributed by atoms with E-state index >= 15 is 0 Å². The first-order chi connectivity index (χ1) is 10.5. The minimum Gasteiger partial charge on any atom is -0.321 e. The van der Waals surface area contributed by atoms with Gasteiger partial charge in [-0.3, -0.25) is 9.78 Å². The van der Waals surface area contributed by atoms with Crippen LogP contribution in [0.25, 0.3) is 0 Å². The first-order valence-corrected chi connectivity index (χ1v) is 7.64. The van der Waals surface area contributed by atoms with E-state index in [1.165, 1.54) is 6.20 Å². The van der Waals surface area contributed by atoms with Gasteiger partial charge in [0.1, 0.15) is 0 Å². The van der Waals surface area contributed by atoms with E-state index in [-0.39, 0.29) is 11.8 Å². The van der Waals surface area contributed by atoms with Gasteiger partial charge in [-0.1, -0.05) is 20.8 Å². The van der Waals surface area contributed by atoms with Crippen molar-refractivity contribution >= 4 is 11.6 Å². The number of aryl methyl sites for hydroxylation is 2. The molecule has 0 bridgehead atoms. The maximum absolute atomic E-state index is 12.4. The van der Waals surface area contributed by atoms with E-state index in [1.807, 2.05) is 13.0 Å². The maximum Gasteiger partial charge on any atom is 0.257 e. The summed E-state index contributed by atoms with van der Waals surface area (Å²) in [5.41, 5.74) is 4.18. The van der Waals surface area contributed by atoms with Crippen LogP contribution in [-0.4, -0.2) is 21.1 Å². The number of hydrogen-bond donors (Lipinski definition) is 1. The molecule has 0 saturated heterocycles. The summed E-state index contributed by atoms with van der Waals surface area (Å²) in [6, 6.07) is 3.77. The number of nitrogens with one attached hydrogen (secondary N) is 1. The van der Waals surface area contributed by atoms with Crippen LogP contribution in [0.15, 0.2) is 24.5 Å². The number of amides is 1. The molecule has 2 heterocycles. The standard InChI is InChI=1S/C17H22N4O/c1-5-11(3)16-8-14(9-19-21-16)17(22)20-15-7-13(6-2)12(4)18-10-15/h7-11H,5-6H2,1-4H3,(H,20,22). The highest BCUT2D eigenvalue weighted by Gasteiger charge is 2.12. The van der Waals surface area contributed by atoms with Crippen LogP contribution in [0.2, 0.25) is 0 Å². The first-order valence-electron chi connectivity index (χ1n) is 7.64. The molecule has 0 spiro atoms. The number of rotatable bonds is 5. The smallest absolute Gasteiger partial charge is 0.257 e. The molecule has 2 aromatic heterocycles. The normalized spacial score (nSPS) is 12.0. The molecular weight excluding hydrogens is 276 g/mol. The molecule has 0 saturated carbocycles. The number of hydrogen-bond acceptors (Lipinski definition) is 4. The second-order valence-electron chi connectivity index (χ2n) is 5.45. The summed E-state index contributed by atoms with van der Waals surface area (Å²) in [5, 5.41) is 10.9. The Hall–Kier alpha value is -2.30. The summed E-state index contributed by atoms with van der Waals surface area (Å²) in [6.07, 6.45) is 5.01. The van der Waals surface area contributed by atoms with Gasteiger partial charge in [0.25, 0.3) is 5.91 Å². The fourth-order valence-corrected chi connectivity index (χ4v) is 2.17. The Morgan fingerprint density at radius 3 is 2.73 bits per heavy atom. The third-order valence-electron chi connectivity index (χ3n) is 3.88. The number of carbonyl (C=O) groups excluding carboxylic acids is 1. The lowest BCUT2D eigenvalue weighted by Crippen LogP contribution is -2.14. The van der Waals surface area contributed by atoms with Crippen LogP contribution in [0.1, 0.15) is 60.4 Å². The number of aromatic nitrogens is 3. The highest BCUT2D eigenvalue weighted by atomic mass is 16.1. The number of pyridine rings is 1. The Morgan fingerprint density at radius 2 is 2.05 bits per heavy atom. The molecule has 1 unspecified atom stereocenters. The zero-order valence-electron chi connectivity index (χ0n) is 13.6. The van der Waals surface area contributed by atoms with Gasteiger partial charge < -0.3 is 5.32 Å². The Labute approximate surface area is 131 Å². The Bertz CT molecular complexity index is 669. The van der Waals surface area contributed by atoms with Crippen molar-refractivity contribution < 1.29 is 4.79 Å². The summed E-state index contributed by atoms with van der Waals surface area (Å²) in [6.45, 7) is 8.20. The van der Waals surface area contributed by atoms with Crippen molar-refractivity contribution in [3.8, 4) is 0 Å². The molecule has 2 rings (SSSR count). The predicted molar refractivity (Wildman–Crippen MR) is 87.0 cm³/mol. The largest absolute Gasteiger partial charge is 0.321 e. The molecule has 5 heteroatoms. The van der Waals surface area contributed by atoms with Crippen molar-refractivity contribution in [3.63, 3.8) is 0 Å². The van der Waals surface area contributed by atoms with Crippen molar-refractivity contribution in [2.24, 2.45) is 0 Å². The fraction of sp³-hybridized carbons (Fsp3) is 0.412. The van der Waals surface area contributed by atoms with Gasteiger partial charge in [-0.2, -0.15) is 10.2 Å². The predicted octanol–water partition coefficient (Wildman–Crippen LogP) is 3.51. The summed E-state index contributed by atoms with van der Waals surface area (Å²) < 4.78 is 0. The minimum atomic E-state index is -0.188. The highest BCUT2D eigenvalue weighted by Crippen LogP contribution is 2.18. The minimum absolute atomic E-state index is 0.188. The number of nitrogens with zero attached hydrogens (tertiary/aromatic N) is 3. The second kappa shape index (κ2) is 7.11. The van der Waals surface area contributed by atoms with Gasteiger partial charge >= 0.3 is 0 Å². The van der Waals surface area contributed by atoms with Crippen LogP contribution in [0.3, 0.4) is 0 Å². The van der Waals surface area contributed by atoms with Gasteiger partial charge in [0, 0.05) is 5.69 Å². The summed E-state index contributed by atoms with van der Waals surface area (Å²) >= 11 is 0. The molecule has 1 amide bonds. The average molecular weight is 298 g/mol. The van der Waals surface area contributed by atoms with Gasteiger partial charge in [0.05, 0.1) is 29.3 Å². The lowest BCUT2D eigenvalue weighted by Gasteiger charge is -2.10. The molecule has 1 atom stereocenters. The van der Waals surface area contributed by atoms with E-state index in [9.17, 15) is 4.79 Å². The van der Waals surface area contributed by atoms with Crippen molar-refractivity contribution in [2.45, 2.75) is 46.5 Å². The molecule has 0 aliphatic carbocycles. The van der Waals surface area contributed by atoms with Gasteiger partial charge in [0.2, 0.25) is 0 Å². The third kappa shape index (κ3) is 3.67. The molecule has 0 radical (unpaired) electrons. The van der Waals surface area contributed by atoms with Crippen molar-refractivity contribution in [3.05, 3.63) is 47.0 Å². The molecule has 0 fully saturated rings. The summed E-state index contributed by atoms with van der Waals surface area (Å²) in [4.78, 5) is 16.7. The van der Waals surface area contributed by atoms with Crippen LogP contribution in [-0.2, 0) is 6.42 Å². The third-order valence-corrected chi connectivity index (χ3v) is 3.88. The van der Waals surface area contributed by atoms with Crippen molar-refractivity contribution in [1.82, 2.24) is 15.2 Å². The SMILES string of the molecule is CCc1cc(NC(=O)c2cnnc(C(C)CC)c2)cnc1C. The van der Waals surface area contributed by atoms with Crippen LogP contribution in [0.5, 0.6) is 0 Å². The monoisotopic (exact) mass is 298 g/mol. The molecule has 1 N–H and O–H groups in total. The van der Waals surface area contributed by atoms with E-state index in [1.54, 1.807) is 12.3 Å². The van der Waals surface area contributed by atoms with Crippen LogP contribution in [0, 0.1) is 6.92 Å². The van der Waals surface area contributed by atoms with Gasteiger partial charge in [0.15, 0.2) is 0 Å². The van der Waals surface area contributed by atoms with Gasteiger partial charge in [-0.15, -0.1) is 0 Å². The van der Waals surface area contributed by atoms with Gasteiger partial charge in [-0.05, 0) is 43.4 Å². The van der Waals surface area contributed by atoms with Crippen molar-refractivity contribution in [1.29, 1.82) is 0 Å². The van der Waals surface area contributed by atoms with E-state index in [0.29, 0.717) is 11.3 Å². The van der Waals surface area contributed by atoms with E-state index in [0.717, 1.165) is 29.8 Å². The second-order valence-corrected chi connectivity index (χ2v) is 5.45. The first kappa shape index (κ1) is 16.1. The molecule has 2 aromatic rings.